The number of aromatic nitrogens is 1. The molecule has 0 aromatic carbocycles. The second kappa shape index (κ2) is 7.22. The minimum atomic E-state index is 0.163. The van der Waals surface area contributed by atoms with Gasteiger partial charge in [0.15, 0.2) is 0 Å². The van der Waals surface area contributed by atoms with Crippen molar-refractivity contribution in [3.8, 4) is 0 Å². The molecule has 1 aromatic heterocycles. The minimum absolute atomic E-state index is 0.163. The second-order valence-corrected chi connectivity index (χ2v) is 6.81. The standard InChI is InChI=1S/C14H27N3S/c1-6-7-15-8-9-17(5)10-13-16-12(11-18-13)14(2,3)4/h11,15H,6-10H2,1-5H3. The van der Waals surface area contributed by atoms with E-state index in [-0.39, 0.29) is 5.41 Å². The van der Waals surface area contributed by atoms with Crippen LogP contribution in [0.2, 0.25) is 0 Å². The van der Waals surface area contributed by atoms with Crippen LogP contribution in [0.3, 0.4) is 0 Å². The lowest BCUT2D eigenvalue weighted by Gasteiger charge is -2.16. The molecule has 0 atom stereocenters. The smallest absolute Gasteiger partial charge is 0.107 e. The van der Waals surface area contributed by atoms with E-state index in [9.17, 15) is 0 Å². The highest BCUT2D eigenvalue weighted by Crippen LogP contribution is 2.24. The number of likely N-dealkylation sites (N-methyl/N-ethyl adjacent to an activating group) is 1. The highest BCUT2D eigenvalue weighted by atomic mass is 32.1. The van der Waals surface area contributed by atoms with Crippen molar-refractivity contribution in [1.82, 2.24) is 15.2 Å². The zero-order valence-electron chi connectivity index (χ0n) is 12.4. The van der Waals surface area contributed by atoms with Crippen LogP contribution in [-0.4, -0.2) is 36.6 Å². The molecule has 1 N–H and O–H groups in total. The molecule has 0 aliphatic heterocycles. The summed E-state index contributed by atoms with van der Waals surface area (Å²) in [6.45, 7) is 13.0. The van der Waals surface area contributed by atoms with Gasteiger partial charge in [0.1, 0.15) is 5.01 Å². The second-order valence-electron chi connectivity index (χ2n) is 5.86. The van der Waals surface area contributed by atoms with Gasteiger partial charge in [0.2, 0.25) is 0 Å². The van der Waals surface area contributed by atoms with Crippen molar-refractivity contribution in [2.45, 2.75) is 46.1 Å². The molecule has 0 bridgehead atoms. The Labute approximate surface area is 116 Å². The van der Waals surface area contributed by atoms with E-state index in [2.05, 4.69) is 50.3 Å². The van der Waals surface area contributed by atoms with Crippen molar-refractivity contribution in [1.29, 1.82) is 0 Å². The van der Waals surface area contributed by atoms with Gasteiger partial charge in [-0.05, 0) is 20.0 Å². The van der Waals surface area contributed by atoms with Gasteiger partial charge >= 0.3 is 0 Å². The Morgan fingerprint density at radius 1 is 1.33 bits per heavy atom. The van der Waals surface area contributed by atoms with Crippen LogP contribution in [0.15, 0.2) is 5.38 Å². The van der Waals surface area contributed by atoms with Crippen molar-refractivity contribution in [2.24, 2.45) is 0 Å². The van der Waals surface area contributed by atoms with E-state index in [1.807, 2.05) is 0 Å². The predicted molar refractivity (Wildman–Crippen MR) is 80.3 cm³/mol. The Morgan fingerprint density at radius 2 is 2.06 bits per heavy atom. The van der Waals surface area contributed by atoms with Gasteiger partial charge in [-0.15, -0.1) is 11.3 Å². The number of hydrogen-bond donors (Lipinski definition) is 1. The first-order chi connectivity index (χ1) is 8.43. The molecule has 1 rings (SSSR count). The summed E-state index contributed by atoms with van der Waals surface area (Å²) in [6, 6.07) is 0. The average Bonchev–Trinajstić information content (AvgIpc) is 2.72. The Balaban J connectivity index is 2.35. The summed E-state index contributed by atoms with van der Waals surface area (Å²) in [4.78, 5) is 7.05. The largest absolute Gasteiger partial charge is 0.315 e. The van der Waals surface area contributed by atoms with Crippen LogP contribution in [0.5, 0.6) is 0 Å². The predicted octanol–water partition coefficient (Wildman–Crippen LogP) is 2.87. The molecule has 0 amide bonds. The molecule has 4 heteroatoms. The molecule has 1 heterocycles. The van der Waals surface area contributed by atoms with Crippen LogP contribution in [0.4, 0.5) is 0 Å². The van der Waals surface area contributed by atoms with Gasteiger partial charge in [-0.3, -0.25) is 4.90 Å². The quantitative estimate of drug-likeness (QED) is 0.772. The van der Waals surface area contributed by atoms with Crippen LogP contribution >= 0.6 is 11.3 Å². The molecule has 0 aliphatic carbocycles. The lowest BCUT2D eigenvalue weighted by atomic mass is 9.93. The average molecular weight is 269 g/mol. The molecule has 0 spiro atoms. The maximum absolute atomic E-state index is 4.72. The van der Waals surface area contributed by atoms with Gasteiger partial charge in [-0.1, -0.05) is 27.7 Å². The Hall–Kier alpha value is -0.450. The van der Waals surface area contributed by atoms with E-state index in [0.29, 0.717) is 0 Å². The maximum atomic E-state index is 4.72. The third kappa shape index (κ3) is 5.46. The van der Waals surface area contributed by atoms with E-state index < -0.39 is 0 Å². The zero-order valence-corrected chi connectivity index (χ0v) is 13.2. The maximum Gasteiger partial charge on any atom is 0.107 e. The van der Waals surface area contributed by atoms with Gasteiger partial charge in [-0.2, -0.15) is 0 Å². The molecule has 0 radical (unpaired) electrons. The van der Waals surface area contributed by atoms with Crippen molar-refractivity contribution < 1.29 is 0 Å². The highest BCUT2D eigenvalue weighted by Gasteiger charge is 2.17. The summed E-state index contributed by atoms with van der Waals surface area (Å²) >= 11 is 1.78. The van der Waals surface area contributed by atoms with E-state index in [1.54, 1.807) is 11.3 Å². The van der Waals surface area contributed by atoms with Crippen LogP contribution in [0.1, 0.15) is 44.8 Å². The van der Waals surface area contributed by atoms with E-state index in [4.69, 9.17) is 4.98 Å². The fraction of sp³-hybridized carbons (Fsp3) is 0.786. The molecule has 0 saturated carbocycles. The first kappa shape index (κ1) is 15.6. The summed E-state index contributed by atoms with van der Waals surface area (Å²) in [7, 11) is 2.16. The third-order valence-electron chi connectivity index (χ3n) is 2.82. The molecule has 18 heavy (non-hydrogen) atoms. The molecule has 0 fully saturated rings. The molecule has 0 saturated heterocycles. The Kier molecular flexibility index (Phi) is 6.26. The SMILES string of the molecule is CCCNCCN(C)Cc1nc(C(C)(C)C)cs1. The van der Waals surface area contributed by atoms with Gasteiger partial charge in [0.25, 0.3) is 0 Å². The van der Waals surface area contributed by atoms with Gasteiger partial charge < -0.3 is 5.32 Å². The number of nitrogens with one attached hydrogen (secondary N) is 1. The molecule has 104 valence electrons. The van der Waals surface area contributed by atoms with Crippen molar-refractivity contribution in [2.75, 3.05) is 26.7 Å². The first-order valence-corrected chi connectivity index (χ1v) is 7.65. The molecule has 1 aromatic rings. The van der Waals surface area contributed by atoms with Crippen LogP contribution in [0, 0.1) is 0 Å². The summed E-state index contributed by atoms with van der Waals surface area (Å²) in [5.41, 5.74) is 1.37. The summed E-state index contributed by atoms with van der Waals surface area (Å²) in [5, 5.41) is 6.84. The lowest BCUT2D eigenvalue weighted by Crippen LogP contribution is -2.29. The minimum Gasteiger partial charge on any atom is -0.315 e. The monoisotopic (exact) mass is 269 g/mol. The van der Waals surface area contributed by atoms with E-state index in [0.717, 1.165) is 26.2 Å². The van der Waals surface area contributed by atoms with E-state index >= 15 is 0 Å². The van der Waals surface area contributed by atoms with Crippen LogP contribution in [-0.2, 0) is 12.0 Å². The number of hydrogen-bond acceptors (Lipinski definition) is 4. The fourth-order valence-electron chi connectivity index (χ4n) is 1.61. The van der Waals surface area contributed by atoms with Crippen molar-refractivity contribution in [3.05, 3.63) is 16.1 Å². The molecule has 0 aliphatic rings. The normalized spacial score (nSPS) is 12.3. The van der Waals surface area contributed by atoms with Crippen LogP contribution in [0.25, 0.3) is 0 Å². The zero-order chi connectivity index (χ0) is 13.6. The highest BCUT2D eigenvalue weighted by molar-refractivity contribution is 7.09. The Morgan fingerprint density at radius 3 is 2.61 bits per heavy atom. The Bertz CT molecular complexity index is 341. The number of rotatable bonds is 7. The number of nitrogens with zero attached hydrogens (tertiary/aromatic N) is 2. The first-order valence-electron chi connectivity index (χ1n) is 6.77. The van der Waals surface area contributed by atoms with Gasteiger partial charge in [0, 0.05) is 23.9 Å². The summed E-state index contributed by atoms with van der Waals surface area (Å²) < 4.78 is 0. The summed E-state index contributed by atoms with van der Waals surface area (Å²) in [5.74, 6) is 0. The third-order valence-corrected chi connectivity index (χ3v) is 3.66. The lowest BCUT2D eigenvalue weighted by molar-refractivity contribution is 0.323. The van der Waals surface area contributed by atoms with Gasteiger partial charge in [-0.25, -0.2) is 4.98 Å². The van der Waals surface area contributed by atoms with Crippen molar-refractivity contribution >= 4 is 11.3 Å². The molecular weight excluding hydrogens is 242 g/mol. The van der Waals surface area contributed by atoms with E-state index in [1.165, 1.54) is 17.1 Å². The molecule has 3 nitrogen and oxygen atoms in total. The van der Waals surface area contributed by atoms with Gasteiger partial charge in [0.05, 0.1) is 12.2 Å². The summed E-state index contributed by atoms with van der Waals surface area (Å²) in [6.07, 6.45) is 1.20. The molecule has 0 unspecified atom stereocenters. The topological polar surface area (TPSA) is 28.2 Å². The molecular formula is C14H27N3S. The number of thiazole rings is 1. The van der Waals surface area contributed by atoms with Crippen LogP contribution < -0.4 is 5.32 Å². The fourth-order valence-corrected chi connectivity index (χ4v) is 2.71. The van der Waals surface area contributed by atoms with Crippen molar-refractivity contribution in [3.63, 3.8) is 0 Å².